The highest BCUT2D eigenvalue weighted by Gasteiger charge is 2.43. The highest BCUT2D eigenvalue weighted by atomic mass is 16.2. The van der Waals surface area contributed by atoms with Gasteiger partial charge in [-0.3, -0.25) is 9.20 Å². The molecule has 1 aliphatic carbocycles. The average Bonchev–Trinajstić information content (AvgIpc) is 3.32. The first-order chi connectivity index (χ1) is 12.2. The summed E-state index contributed by atoms with van der Waals surface area (Å²) in [6, 6.07) is 5.43. The Balaban J connectivity index is 1.61. The van der Waals surface area contributed by atoms with Gasteiger partial charge < -0.3 is 5.32 Å². The van der Waals surface area contributed by atoms with Gasteiger partial charge in [0.25, 0.3) is 0 Å². The molecule has 1 aliphatic rings. The Kier molecular flexibility index (Phi) is 3.90. The predicted octanol–water partition coefficient (Wildman–Crippen LogP) is 1.25. The van der Waals surface area contributed by atoms with E-state index in [1.807, 2.05) is 35.7 Å². The van der Waals surface area contributed by atoms with E-state index in [-0.39, 0.29) is 11.9 Å². The first-order valence-corrected chi connectivity index (χ1v) is 8.55. The van der Waals surface area contributed by atoms with Crippen LogP contribution in [0.2, 0.25) is 0 Å². The van der Waals surface area contributed by atoms with Crippen molar-refractivity contribution in [1.82, 2.24) is 40.1 Å². The summed E-state index contributed by atoms with van der Waals surface area (Å²) >= 11 is 0. The van der Waals surface area contributed by atoms with Gasteiger partial charge in [0, 0.05) is 6.20 Å². The molecule has 0 radical (unpaired) electrons. The van der Waals surface area contributed by atoms with E-state index in [1.165, 1.54) is 6.33 Å². The predicted molar refractivity (Wildman–Crippen MR) is 88.4 cm³/mol. The van der Waals surface area contributed by atoms with Gasteiger partial charge in [-0.15, -0.1) is 15.3 Å². The Morgan fingerprint density at radius 1 is 1.24 bits per heavy atom. The Labute approximate surface area is 144 Å². The van der Waals surface area contributed by atoms with Gasteiger partial charge in [0.05, 0.1) is 6.04 Å². The van der Waals surface area contributed by atoms with Crippen LogP contribution in [0.1, 0.15) is 50.9 Å². The van der Waals surface area contributed by atoms with E-state index < -0.39 is 5.54 Å². The number of pyridine rings is 1. The van der Waals surface area contributed by atoms with Crippen LogP contribution >= 0.6 is 0 Å². The second kappa shape index (κ2) is 6.23. The lowest BCUT2D eigenvalue weighted by Crippen LogP contribution is -2.51. The maximum Gasteiger partial charge on any atom is 0.248 e. The third kappa shape index (κ3) is 2.65. The highest BCUT2D eigenvalue weighted by Crippen LogP contribution is 2.35. The lowest BCUT2D eigenvalue weighted by molar-refractivity contribution is -0.133. The maximum absolute atomic E-state index is 13.2. The second-order valence-electron chi connectivity index (χ2n) is 6.53. The van der Waals surface area contributed by atoms with Gasteiger partial charge >= 0.3 is 0 Å². The van der Waals surface area contributed by atoms with E-state index in [9.17, 15) is 4.79 Å². The highest BCUT2D eigenvalue weighted by molar-refractivity contribution is 5.84. The second-order valence-corrected chi connectivity index (χ2v) is 6.53. The third-order valence-corrected chi connectivity index (χ3v) is 4.97. The molecule has 0 spiro atoms. The monoisotopic (exact) mass is 340 g/mol. The summed E-state index contributed by atoms with van der Waals surface area (Å²) in [7, 11) is 0. The molecule has 3 aromatic heterocycles. The number of nitrogens with zero attached hydrogens (tertiary/aromatic N) is 7. The molecule has 1 unspecified atom stereocenters. The number of tetrazole rings is 1. The minimum atomic E-state index is -0.726. The van der Waals surface area contributed by atoms with Crippen LogP contribution in [0, 0.1) is 0 Å². The number of rotatable bonds is 4. The molecule has 1 amide bonds. The fourth-order valence-electron chi connectivity index (χ4n) is 3.60. The van der Waals surface area contributed by atoms with Crippen LogP contribution in [0.3, 0.4) is 0 Å². The molecule has 25 heavy (non-hydrogen) atoms. The number of hydrogen-bond donors (Lipinski definition) is 1. The molecule has 0 aromatic carbocycles. The summed E-state index contributed by atoms with van der Waals surface area (Å²) < 4.78 is 3.49. The first kappa shape index (κ1) is 15.7. The molecule has 3 aromatic rings. The van der Waals surface area contributed by atoms with E-state index >= 15 is 0 Å². The van der Waals surface area contributed by atoms with Gasteiger partial charge in [0.1, 0.15) is 11.9 Å². The Morgan fingerprint density at radius 2 is 2.08 bits per heavy atom. The van der Waals surface area contributed by atoms with Crippen molar-refractivity contribution in [3.63, 3.8) is 0 Å². The summed E-state index contributed by atoms with van der Waals surface area (Å²) in [6.45, 7) is 1.91. The molecule has 1 fully saturated rings. The van der Waals surface area contributed by atoms with E-state index in [0.29, 0.717) is 5.82 Å². The molecule has 9 heteroatoms. The Bertz CT molecular complexity index is 865. The Hall–Kier alpha value is -2.84. The van der Waals surface area contributed by atoms with Crippen LogP contribution in [-0.4, -0.2) is 40.7 Å². The molecule has 3 heterocycles. The molecule has 130 valence electrons. The van der Waals surface area contributed by atoms with Crippen molar-refractivity contribution in [2.45, 2.75) is 50.6 Å². The van der Waals surface area contributed by atoms with Gasteiger partial charge in [-0.2, -0.15) is 0 Å². The van der Waals surface area contributed by atoms with Gasteiger partial charge in [-0.25, -0.2) is 4.68 Å². The Morgan fingerprint density at radius 3 is 2.84 bits per heavy atom. The van der Waals surface area contributed by atoms with Gasteiger partial charge in [-0.05, 0) is 42.3 Å². The molecule has 1 N–H and O–H groups in total. The van der Waals surface area contributed by atoms with Gasteiger partial charge in [-0.1, -0.05) is 25.3 Å². The van der Waals surface area contributed by atoms with Crippen LogP contribution in [-0.2, 0) is 10.3 Å². The fourth-order valence-corrected chi connectivity index (χ4v) is 3.60. The molecule has 0 saturated heterocycles. The first-order valence-electron chi connectivity index (χ1n) is 8.55. The van der Waals surface area contributed by atoms with Crippen LogP contribution in [0.15, 0.2) is 30.7 Å². The summed E-state index contributed by atoms with van der Waals surface area (Å²) in [4.78, 5) is 13.2. The normalized spacial score (nSPS) is 18.1. The number of aromatic nitrogens is 7. The lowest BCUT2D eigenvalue weighted by Gasteiger charge is -2.35. The van der Waals surface area contributed by atoms with Crippen molar-refractivity contribution < 1.29 is 4.79 Å². The quantitative estimate of drug-likeness (QED) is 0.767. The fraction of sp³-hybridized carbons (Fsp3) is 0.500. The zero-order chi connectivity index (χ0) is 17.3. The molecular weight excluding hydrogens is 320 g/mol. The van der Waals surface area contributed by atoms with Gasteiger partial charge in [0.15, 0.2) is 11.5 Å². The summed E-state index contributed by atoms with van der Waals surface area (Å²) in [5.41, 5.74) is 0.0303. The summed E-state index contributed by atoms with van der Waals surface area (Å²) in [6.07, 6.45) is 7.98. The van der Waals surface area contributed by atoms with Crippen molar-refractivity contribution >= 4 is 11.6 Å². The number of fused-ring (bicyclic) bond motifs is 1. The van der Waals surface area contributed by atoms with Crippen molar-refractivity contribution in [3.05, 3.63) is 36.5 Å². The minimum absolute atomic E-state index is 0.0697. The smallest absolute Gasteiger partial charge is 0.248 e. The molecule has 4 rings (SSSR count). The third-order valence-electron chi connectivity index (χ3n) is 4.97. The molecule has 1 atom stereocenters. The maximum atomic E-state index is 13.2. The van der Waals surface area contributed by atoms with Crippen molar-refractivity contribution in [1.29, 1.82) is 0 Å². The topological polar surface area (TPSA) is 103 Å². The van der Waals surface area contributed by atoms with E-state index in [4.69, 9.17) is 0 Å². The van der Waals surface area contributed by atoms with E-state index in [0.717, 1.165) is 37.8 Å². The van der Waals surface area contributed by atoms with Crippen LogP contribution in [0.4, 0.5) is 0 Å². The van der Waals surface area contributed by atoms with Gasteiger partial charge in [0.2, 0.25) is 5.91 Å². The van der Waals surface area contributed by atoms with Crippen LogP contribution < -0.4 is 5.32 Å². The largest absolute Gasteiger partial charge is 0.344 e. The number of carbonyl (C=O) groups is 1. The molecule has 0 aliphatic heterocycles. The lowest BCUT2D eigenvalue weighted by atomic mass is 9.81. The number of hydrogen-bond acceptors (Lipinski definition) is 6. The van der Waals surface area contributed by atoms with E-state index in [2.05, 4.69) is 31.0 Å². The molecule has 0 bridgehead atoms. The summed E-state index contributed by atoms with van der Waals surface area (Å²) in [5.74, 6) is 0.631. The molecule has 1 saturated carbocycles. The van der Waals surface area contributed by atoms with Crippen molar-refractivity contribution in [2.24, 2.45) is 0 Å². The van der Waals surface area contributed by atoms with E-state index in [1.54, 1.807) is 4.68 Å². The van der Waals surface area contributed by atoms with Crippen LogP contribution in [0.25, 0.3) is 5.65 Å². The molecule has 9 nitrogen and oxygen atoms in total. The minimum Gasteiger partial charge on any atom is -0.344 e. The van der Waals surface area contributed by atoms with Crippen molar-refractivity contribution in [3.8, 4) is 0 Å². The number of carbonyl (C=O) groups excluding carboxylic acids is 1. The molecular formula is C16H20N8O. The summed E-state index contributed by atoms with van der Waals surface area (Å²) in [5, 5.41) is 22.9. The number of nitrogens with one attached hydrogen (secondary N) is 1. The number of amides is 1. The average molecular weight is 340 g/mol. The van der Waals surface area contributed by atoms with Crippen molar-refractivity contribution in [2.75, 3.05) is 0 Å². The zero-order valence-electron chi connectivity index (χ0n) is 14.0. The standard InChI is InChI=1S/C16H20N8O/c1-12(14-20-19-13-7-3-6-10-23(13)14)18-15(25)16(8-4-2-5-9-16)24-11-17-21-22-24/h3,6-7,10-12H,2,4-5,8-9H2,1H3,(H,18,25). The zero-order valence-corrected chi connectivity index (χ0v) is 14.0. The SMILES string of the molecule is CC(NC(=O)C1(n2cnnn2)CCCCC1)c1nnc2ccccn12. The van der Waals surface area contributed by atoms with Crippen LogP contribution in [0.5, 0.6) is 0 Å².